The lowest BCUT2D eigenvalue weighted by atomic mass is 9.83. The SMILES string of the molecule is COc1ccc(CN([C@@H]2CCN[C@@H]2CO[C@H]2CC[C@@H](c3ccccc3)CC2)S(C)(=O)=O)cc1. The summed E-state index contributed by atoms with van der Waals surface area (Å²) in [5.41, 5.74) is 2.38. The zero-order valence-corrected chi connectivity index (χ0v) is 20.5. The molecule has 33 heavy (non-hydrogen) atoms. The first kappa shape index (κ1) is 24.2. The number of nitrogens with zero attached hydrogens (tertiary/aromatic N) is 1. The lowest BCUT2D eigenvalue weighted by Gasteiger charge is -2.33. The molecular formula is C26H36N2O4S. The second-order valence-corrected chi connectivity index (χ2v) is 11.2. The largest absolute Gasteiger partial charge is 0.497 e. The van der Waals surface area contributed by atoms with E-state index in [1.165, 1.54) is 11.8 Å². The molecule has 1 aliphatic carbocycles. The molecule has 7 heteroatoms. The van der Waals surface area contributed by atoms with Gasteiger partial charge in [-0.3, -0.25) is 0 Å². The molecule has 0 bridgehead atoms. The van der Waals surface area contributed by atoms with E-state index >= 15 is 0 Å². The van der Waals surface area contributed by atoms with Crippen molar-refractivity contribution in [3.63, 3.8) is 0 Å². The molecular weight excluding hydrogens is 436 g/mol. The molecule has 2 aromatic rings. The Balaban J connectivity index is 1.33. The predicted octanol–water partition coefficient (Wildman–Crippen LogP) is 3.93. The topological polar surface area (TPSA) is 67.9 Å². The van der Waals surface area contributed by atoms with Crippen molar-refractivity contribution in [2.24, 2.45) is 0 Å². The Morgan fingerprint density at radius 1 is 0.970 bits per heavy atom. The summed E-state index contributed by atoms with van der Waals surface area (Å²) in [4.78, 5) is 0. The van der Waals surface area contributed by atoms with Crippen molar-refractivity contribution in [2.75, 3.05) is 26.5 Å². The normalized spacial score (nSPS) is 25.9. The van der Waals surface area contributed by atoms with Crippen molar-refractivity contribution in [2.45, 2.75) is 62.8 Å². The Bertz CT molecular complexity index is 973. The van der Waals surface area contributed by atoms with Crippen molar-refractivity contribution >= 4 is 10.0 Å². The molecule has 0 amide bonds. The Morgan fingerprint density at radius 2 is 1.67 bits per heavy atom. The summed E-state index contributed by atoms with van der Waals surface area (Å²) in [5.74, 6) is 1.38. The van der Waals surface area contributed by atoms with Crippen LogP contribution in [-0.4, -0.2) is 57.4 Å². The quantitative estimate of drug-likeness (QED) is 0.599. The van der Waals surface area contributed by atoms with E-state index < -0.39 is 10.0 Å². The highest BCUT2D eigenvalue weighted by atomic mass is 32.2. The van der Waals surface area contributed by atoms with Gasteiger partial charge in [0.1, 0.15) is 5.75 Å². The second kappa shape index (κ2) is 11.0. The minimum Gasteiger partial charge on any atom is -0.497 e. The number of sulfonamides is 1. The van der Waals surface area contributed by atoms with Gasteiger partial charge in [0, 0.05) is 18.6 Å². The van der Waals surface area contributed by atoms with Gasteiger partial charge in [0.15, 0.2) is 0 Å². The zero-order chi connectivity index (χ0) is 23.3. The minimum absolute atomic E-state index is 0.00446. The van der Waals surface area contributed by atoms with Crippen molar-refractivity contribution in [3.8, 4) is 5.75 Å². The fourth-order valence-corrected chi connectivity index (χ4v) is 6.32. The summed E-state index contributed by atoms with van der Waals surface area (Å²) in [6, 6.07) is 18.2. The third kappa shape index (κ3) is 6.35. The van der Waals surface area contributed by atoms with Crippen LogP contribution in [0.1, 0.15) is 49.1 Å². The molecule has 180 valence electrons. The van der Waals surface area contributed by atoms with Crippen LogP contribution in [0.4, 0.5) is 0 Å². The maximum Gasteiger partial charge on any atom is 0.211 e. The van der Waals surface area contributed by atoms with Gasteiger partial charge in [0.2, 0.25) is 10.0 Å². The number of hydrogen-bond acceptors (Lipinski definition) is 5. The molecule has 6 nitrogen and oxygen atoms in total. The van der Waals surface area contributed by atoms with Crippen LogP contribution in [0, 0.1) is 0 Å². The van der Waals surface area contributed by atoms with Crippen LogP contribution in [0.25, 0.3) is 0 Å². The summed E-state index contributed by atoms with van der Waals surface area (Å²) >= 11 is 0. The molecule has 4 rings (SSSR count). The Labute approximate surface area is 198 Å². The first-order valence-electron chi connectivity index (χ1n) is 11.9. The summed E-state index contributed by atoms with van der Waals surface area (Å²) < 4.78 is 38.6. The van der Waals surface area contributed by atoms with E-state index in [9.17, 15) is 8.42 Å². The van der Waals surface area contributed by atoms with Crippen LogP contribution in [0.3, 0.4) is 0 Å². The standard InChI is InChI=1S/C26H36N2O4S/c1-31-23-12-8-20(9-13-23)18-28(33(2,29)30)26-16-17-27-25(26)19-32-24-14-10-22(11-15-24)21-6-4-3-5-7-21/h3-9,12-13,22,24-27H,10-11,14-19H2,1-2H3/t22-,24+,25-,26-/m1/s1. The molecule has 2 aromatic carbocycles. The number of hydrogen-bond donors (Lipinski definition) is 1. The van der Waals surface area contributed by atoms with Gasteiger partial charge in [0.25, 0.3) is 0 Å². The highest BCUT2D eigenvalue weighted by Crippen LogP contribution is 2.34. The molecule has 0 aromatic heterocycles. The third-order valence-corrected chi connectivity index (χ3v) is 8.31. The molecule has 0 unspecified atom stereocenters. The Hall–Kier alpha value is -1.93. The Morgan fingerprint density at radius 3 is 2.30 bits per heavy atom. The van der Waals surface area contributed by atoms with Crippen LogP contribution < -0.4 is 10.1 Å². The lowest BCUT2D eigenvalue weighted by Crippen LogP contribution is -2.48. The first-order chi connectivity index (χ1) is 15.9. The molecule has 2 atom stereocenters. The minimum atomic E-state index is -3.37. The summed E-state index contributed by atoms with van der Waals surface area (Å²) in [5, 5.41) is 3.49. The van der Waals surface area contributed by atoms with Gasteiger partial charge in [-0.2, -0.15) is 4.31 Å². The maximum absolute atomic E-state index is 12.7. The van der Waals surface area contributed by atoms with Crippen LogP contribution in [-0.2, 0) is 21.3 Å². The highest BCUT2D eigenvalue weighted by Gasteiger charge is 2.37. The van der Waals surface area contributed by atoms with Gasteiger partial charge >= 0.3 is 0 Å². The van der Waals surface area contributed by atoms with Gasteiger partial charge in [-0.15, -0.1) is 0 Å². The van der Waals surface area contributed by atoms with E-state index in [0.717, 1.165) is 50.0 Å². The number of benzene rings is 2. The van der Waals surface area contributed by atoms with E-state index in [2.05, 4.69) is 35.6 Å². The molecule has 1 heterocycles. The van der Waals surface area contributed by atoms with Gasteiger partial charge in [-0.05, 0) is 67.8 Å². The molecule has 2 aliphatic rings. The van der Waals surface area contributed by atoms with Crippen LogP contribution in [0.2, 0.25) is 0 Å². The lowest BCUT2D eigenvalue weighted by molar-refractivity contribution is 0.00803. The molecule has 1 aliphatic heterocycles. The number of rotatable bonds is 9. The van der Waals surface area contributed by atoms with Crippen molar-refractivity contribution in [1.29, 1.82) is 0 Å². The maximum atomic E-state index is 12.7. The first-order valence-corrected chi connectivity index (χ1v) is 13.8. The van der Waals surface area contributed by atoms with Crippen molar-refractivity contribution in [3.05, 3.63) is 65.7 Å². The van der Waals surface area contributed by atoms with Gasteiger partial charge in [0.05, 0.1) is 26.1 Å². The van der Waals surface area contributed by atoms with Gasteiger partial charge in [-0.25, -0.2) is 8.42 Å². The molecule has 1 saturated heterocycles. The fraction of sp³-hybridized carbons (Fsp3) is 0.538. The van der Waals surface area contributed by atoms with Crippen molar-refractivity contribution < 1.29 is 17.9 Å². The second-order valence-electron chi connectivity index (χ2n) is 9.29. The smallest absolute Gasteiger partial charge is 0.211 e. The van der Waals surface area contributed by atoms with E-state index in [-0.39, 0.29) is 18.2 Å². The number of ether oxygens (including phenoxy) is 2. The summed E-state index contributed by atoms with van der Waals surface area (Å²) in [7, 11) is -1.74. The molecule has 1 N–H and O–H groups in total. The van der Waals surface area contributed by atoms with Crippen LogP contribution >= 0.6 is 0 Å². The number of nitrogens with one attached hydrogen (secondary N) is 1. The molecule has 0 spiro atoms. The Kier molecular flexibility index (Phi) is 8.07. The molecule has 2 fully saturated rings. The average molecular weight is 473 g/mol. The van der Waals surface area contributed by atoms with E-state index in [4.69, 9.17) is 9.47 Å². The van der Waals surface area contributed by atoms with Crippen molar-refractivity contribution in [1.82, 2.24) is 9.62 Å². The van der Waals surface area contributed by atoms with Gasteiger partial charge < -0.3 is 14.8 Å². The molecule has 0 radical (unpaired) electrons. The highest BCUT2D eigenvalue weighted by molar-refractivity contribution is 7.88. The predicted molar refractivity (Wildman–Crippen MR) is 131 cm³/mol. The van der Waals surface area contributed by atoms with E-state index in [1.807, 2.05) is 24.3 Å². The zero-order valence-electron chi connectivity index (χ0n) is 19.7. The average Bonchev–Trinajstić information content (AvgIpc) is 3.30. The van der Waals surface area contributed by atoms with E-state index in [1.54, 1.807) is 11.4 Å². The molecule has 1 saturated carbocycles. The summed E-state index contributed by atoms with van der Waals surface area (Å²) in [6.45, 7) is 1.70. The van der Waals surface area contributed by atoms with Crippen LogP contribution in [0.15, 0.2) is 54.6 Å². The van der Waals surface area contributed by atoms with E-state index in [0.29, 0.717) is 19.1 Å². The van der Waals surface area contributed by atoms with Crippen LogP contribution in [0.5, 0.6) is 5.75 Å². The third-order valence-electron chi connectivity index (χ3n) is 7.06. The number of methoxy groups -OCH3 is 1. The van der Waals surface area contributed by atoms with Gasteiger partial charge in [-0.1, -0.05) is 42.5 Å². The monoisotopic (exact) mass is 472 g/mol. The fourth-order valence-electron chi connectivity index (χ4n) is 5.19. The summed E-state index contributed by atoms with van der Waals surface area (Å²) in [6.07, 6.45) is 6.74.